The van der Waals surface area contributed by atoms with Crippen molar-refractivity contribution in [3.05, 3.63) is 22.7 Å². The SMILES string of the molecule is CCCn1ccnc(N2CCCC(CN)C2)c1=O. The highest BCUT2D eigenvalue weighted by Gasteiger charge is 2.22. The molecule has 0 saturated carbocycles. The number of nitrogens with zero attached hydrogens (tertiary/aromatic N) is 3. The average molecular weight is 250 g/mol. The molecule has 5 nitrogen and oxygen atoms in total. The highest BCUT2D eigenvalue weighted by atomic mass is 16.1. The smallest absolute Gasteiger partial charge is 0.293 e. The Balaban J connectivity index is 2.22. The molecular weight excluding hydrogens is 228 g/mol. The van der Waals surface area contributed by atoms with E-state index in [0.29, 0.717) is 18.3 Å². The third kappa shape index (κ3) is 2.72. The van der Waals surface area contributed by atoms with Crippen molar-refractivity contribution in [1.82, 2.24) is 9.55 Å². The minimum atomic E-state index is 0.0250. The number of piperidine rings is 1. The summed E-state index contributed by atoms with van der Waals surface area (Å²) < 4.78 is 1.74. The van der Waals surface area contributed by atoms with Gasteiger partial charge in [-0.15, -0.1) is 0 Å². The second-order valence-corrected chi connectivity index (χ2v) is 4.94. The lowest BCUT2D eigenvalue weighted by atomic mass is 9.98. The largest absolute Gasteiger partial charge is 0.352 e. The van der Waals surface area contributed by atoms with Crippen molar-refractivity contribution in [3.8, 4) is 0 Å². The molecule has 0 aromatic carbocycles. The fourth-order valence-electron chi connectivity index (χ4n) is 2.52. The van der Waals surface area contributed by atoms with Crippen LogP contribution in [0.15, 0.2) is 17.2 Å². The van der Waals surface area contributed by atoms with Gasteiger partial charge in [0.05, 0.1) is 0 Å². The normalized spacial score (nSPS) is 20.1. The first-order valence-electron chi connectivity index (χ1n) is 6.76. The van der Waals surface area contributed by atoms with Crippen LogP contribution in [0.2, 0.25) is 0 Å². The van der Waals surface area contributed by atoms with Crippen LogP contribution < -0.4 is 16.2 Å². The molecule has 1 aliphatic heterocycles. The van der Waals surface area contributed by atoms with E-state index >= 15 is 0 Å². The van der Waals surface area contributed by atoms with Crippen LogP contribution in [0.5, 0.6) is 0 Å². The molecule has 100 valence electrons. The number of nitrogens with two attached hydrogens (primary N) is 1. The Morgan fingerprint density at radius 1 is 1.56 bits per heavy atom. The first kappa shape index (κ1) is 13.1. The first-order chi connectivity index (χ1) is 8.76. The monoisotopic (exact) mass is 250 g/mol. The lowest BCUT2D eigenvalue weighted by molar-refractivity contribution is 0.420. The van der Waals surface area contributed by atoms with Gasteiger partial charge in [0, 0.05) is 32.0 Å². The number of aryl methyl sites for hydroxylation is 1. The van der Waals surface area contributed by atoms with E-state index in [1.54, 1.807) is 17.0 Å². The molecule has 2 heterocycles. The Morgan fingerprint density at radius 2 is 2.39 bits per heavy atom. The molecule has 1 fully saturated rings. The Bertz CT molecular complexity index is 443. The predicted octanol–water partition coefficient (Wildman–Crippen LogP) is 0.828. The molecule has 1 aromatic heterocycles. The molecule has 0 radical (unpaired) electrons. The van der Waals surface area contributed by atoms with Gasteiger partial charge in [0.2, 0.25) is 0 Å². The summed E-state index contributed by atoms with van der Waals surface area (Å²) in [7, 11) is 0. The zero-order chi connectivity index (χ0) is 13.0. The molecule has 0 bridgehead atoms. The second kappa shape index (κ2) is 6.00. The van der Waals surface area contributed by atoms with Crippen LogP contribution in [-0.2, 0) is 6.54 Å². The van der Waals surface area contributed by atoms with Crippen LogP contribution in [0.4, 0.5) is 5.82 Å². The summed E-state index contributed by atoms with van der Waals surface area (Å²) in [6.45, 7) is 5.27. The molecule has 18 heavy (non-hydrogen) atoms. The van der Waals surface area contributed by atoms with Gasteiger partial charge in [-0.1, -0.05) is 6.92 Å². The summed E-state index contributed by atoms with van der Waals surface area (Å²) in [5.74, 6) is 1.07. The van der Waals surface area contributed by atoms with Crippen LogP contribution in [0.1, 0.15) is 26.2 Å². The molecule has 0 aliphatic carbocycles. The number of anilines is 1. The predicted molar refractivity (Wildman–Crippen MR) is 72.8 cm³/mol. The van der Waals surface area contributed by atoms with Crippen LogP contribution in [-0.4, -0.2) is 29.2 Å². The van der Waals surface area contributed by atoms with Crippen molar-refractivity contribution in [2.75, 3.05) is 24.5 Å². The molecule has 1 unspecified atom stereocenters. The Labute approximate surface area is 108 Å². The molecule has 1 atom stereocenters. The van der Waals surface area contributed by atoms with Gasteiger partial charge in [-0.2, -0.15) is 0 Å². The lowest BCUT2D eigenvalue weighted by Gasteiger charge is -2.32. The summed E-state index contributed by atoms with van der Waals surface area (Å²) >= 11 is 0. The van der Waals surface area contributed by atoms with E-state index in [1.807, 2.05) is 0 Å². The summed E-state index contributed by atoms with van der Waals surface area (Å²) in [5.41, 5.74) is 5.75. The Morgan fingerprint density at radius 3 is 3.11 bits per heavy atom. The van der Waals surface area contributed by atoms with Gasteiger partial charge in [-0.05, 0) is 31.7 Å². The van der Waals surface area contributed by atoms with Crippen LogP contribution in [0.3, 0.4) is 0 Å². The molecule has 1 saturated heterocycles. The fourth-order valence-corrected chi connectivity index (χ4v) is 2.52. The topological polar surface area (TPSA) is 64.2 Å². The first-order valence-corrected chi connectivity index (χ1v) is 6.76. The molecule has 5 heteroatoms. The number of rotatable bonds is 4. The summed E-state index contributed by atoms with van der Waals surface area (Å²) in [6.07, 6.45) is 6.68. The fraction of sp³-hybridized carbons (Fsp3) is 0.692. The van der Waals surface area contributed by atoms with Crippen LogP contribution in [0, 0.1) is 5.92 Å². The van der Waals surface area contributed by atoms with Crippen molar-refractivity contribution in [2.24, 2.45) is 11.7 Å². The van der Waals surface area contributed by atoms with Gasteiger partial charge < -0.3 is 15.2 Å². The van der Waals surface area contributed by atoms with Crippen LogP contribution >= 0.6 is 0 Å². The van der Waals surface area contributed by atoms with E-state index in [-0.39, 0.29) is 5.56 Å². The van der Waals surface area contributed by atoms with E-state index in [2.05, 4.69) is 16.8 Å². The zero-order valence-electron chi connectivity index (χ0n) is 11.0. The lowest BCUT2D eigenvalue weighted by Crippen LogP contribution is -2.42. The quantitative estimate of drug-likeness (QED) is 0.859. The minimum Gasteiger partial charge on any atom is -0.352 e. The van der Waals surface area contributed by atoms with Gasteiger partial charge in [0.1, 0.15) is 0 Å². The maximum Gasteiger partial charge on any atom is 0.293 e. The maximum absolute atomic E-state index is 12.3. The van der Waals surface area contributed by atoms with Gasteiger partial charge in [-0.3, -0.25) is 4.79 Å². The molecular formula is C13H22N4O. The molecule has 2 N–H and O–H groups in total. The molecule has 1 aliphatic rings. The van der Waals surface area contributed by atoms with E-state index in [4.69, 9.17) is 5.73 Å². The van der Waals surface area contributed by atoms with Crippen molar-refractivity contribution in [1.29, 1.82) is 0 Å². The van der Waals surface area contributed by atoms with Crippen molar-refractivity contribution >= 4 is 5.82 Å². The standard InChI is InChI=1S/C13H22N4O/c1-2-6-16-8-5-15-12(13(16)18)17-7-3-4-11(9-14)10-17/h5,8,11H,2-4,6-7,9-10,14H2,1H3. The van der Waals surface area contributed by atoms with E-state index < -0.39 is 0 Å². The van der Waals surface area contributed by atoms with Gasteiger partial charge in [0.25, 0.3) is 5.56 Å². The van der Waals surface area contributed by atoms with E-state index in [9.17, 15) is 4.79 Å². The molecule has 2 rings (SSSR count). The Kier molecular flexibility index (Phi) is 4.36. The number of hydrogen-bond donors (Lipinski definition) is 1. The maximum atomic E-state index is 12.3. The van der Waals surface area contributed by atoms with Gasteiger partial charge in [0.15, 0.2) is 5.82 Å². The summed E-state index contributed by atoms with van der Waals surface area (Å²) in [6, 6.07) is 0. The molecule has 1 aromatic rings. The molecule has 0 spiro atoms. The highest BCUT2D eigenvalue weighted by molar-refractivity contribution is 5.36. The minimum absolute atomic E-state index is 0.0250. The number of aromatic nitrogens is 2. The summed E-state index contributed by atoms with van der Waals surface area (Å²) in [4.78, 5) is 18.6. The van der Waals surface area contributed by atoms with E-state index in [0.717, 1.165) is 38.9 Å². The van der Waals surface area contributed by atoms with Crippen molar-refractivity contribution < 1.29 is 0 Å². The average Bonchev–Trinajstić information content (AvgIpc) is 2.41. The van der Waals surface area contributed by atoms with Crippen LogP contribution in [0.25, 0.3) is 0 Å². The third-order valence-electron chi connectivity index (χ3n) is 3.51. The Hall–Kier alpha value is -1.36. The van der Waals surface area contributed by atoms with Gasteiger partial charge >= 0.3 is 0 Å². The highest BCUT2D eigenvalue weighted by Crippen LogP contribution is 2.18. The third-order valence-corrected chi connectivity index (χ3v) is 3.51. The van der Waals surface area contributed by atoms with Crippen molar-refractivity contribution in [3.63, 3.8) is 0 Å². The van der Waals surface area contributed by atoms with Crippen molar-refractivity contribution in [2.45, 2.75) is 32.7 Å². The van der Waals surface area contributed by atoms with Gasteiger partial charge in [-0.25, -0.2) is 4.98 Å². The second-order valence-electron chi connectivity index (χ2n) is 4.94. The zero-order valence-corrected chi connectivity index (χ0v) is 11.0. The number of hydrogen-bond acceptors (Lipinski definition) is 4. The summed E-state index contributed by atoms with van der Waals surface area (Å²) in [5, 5.41) is 0. The van der Waals surface area contributed by atoms with E-state index in [1.165, 1.54) is 0 Å². The molecule has 0 amide bonds.